The van der Waals surface area contributed by atoms with Crippen molar-refractivity contribution in [1.82, 2.24) is 19.6 Å². The second-order valence-corrected chi connectivity index (χ2v) is 10.5. The van der Waals surface area contributed by atoms with Gasteiger partial charge in [0.2, 0.25) is 5.91 Å². The summed E-state index contributed by atoms with van der Waals surface area (Å²) in [6.45, 7) is 6.29. The van der Waals surface area contributed by atoms with Gasteiger partial charge in [-0.2, -0.15) is 5.10 Å². The van der Waals surface area contributed by atoms with E-state index < -0.39 is 0 Å². The Kier molecular flexibility index (Phi) is 7.41. The van der Waals surface area contributed by atoms with Crippen LogP contribution in [-0.4, -0.2) is 69.8 Å². The number of carbonyl (C=O) groups is 2. The van der Waals surface area contributed by atoms with E-state index in [4.69, 9.17) is 4.74 Å². The van der Waals surface area contributed by atoms with Gasteiger partial charge in [0.25, 0.3) is 5.91 Å². The smallest absolute Gasteiger partial charge is 0.274 e. The Morgan fingerprint density at radius 2 is 1.85 bits per heavy atom. The second-order valence-electron chi connectivity index (χ2n) is 10.5. The number of carbonyl (C=O) groups excluding carboxylic acids is 2. The number of ether oxygens (including phenoxy) is 1. The van der Waals surface area contributed by atoms with Crippen LogP contribution in [0.1, 0.15) is 55.6 Å². The minimum atomic E-state index is -0.230. The van der Waals surface area contributed by atoms with Crippen molar-refractivity contribution in [1.29, 1.82) is 0 Å². The molecule has 7 nitrogen and oxygen atoms in total. The zero-order valence-corrected chi connectivity index (χ0v) is 20.9. The molecule has 2 aliphatic rings. The summed E-state index contributed by atoms with van der Waals surface area (Å²) < 4.78 is 7.47. The van der Waals surface area contributed by atoms with E-state index >= 15 is 0 Å². The highest BCUT2D eigenvalue weighted by molar-refractivity contribution is 5.92. The van der Waals surface area contributed by atoms with E-state index in [-0.39, 0.29) is 29.4 Å². The molecule has 4 rings (SSSR count). The predicted molar refractivity (Wildman–Crippen MR) is 131 cm³/mol. The summed E-state index contributed by atoms with van der Waals surface area (Å²) in [7, 11) is 3.72. The number of benzene rings is 1. The summed E-state index contributed by atoms with van der Waals surface area (Å²) in [5.41, 5.74) is 1.46. The summed E-state index contributed by atoms with van der Waals surface area (Å²) >= 11 is 0. The molecule has 0 aliphatic carbocycles. The molecule has 2 aliphatic heterocycles. The monoisotopic (exact) mass is 466 g/mol. The molecular weight excluding hydrogens is 428 g/mol. The van der Waals surface area contributed by atoms with Crippen molar-refractivity contribution in [3.8, 4) is 0 Å². The molecule has 0 saturated carbocycles. The summed E-state index contributed by atoms with van der Waals surface area (Å²) in [5, 5.41) is 4.33. The molecule has 2 aromatic rings. The van der Waals surface area contributed by atoms with Gasteiger partial charge >= 0.3 is 0 Å². The number of amides is 2. The van der Waals surface area contributed by atoms with Crippen LogP contribution < -0.4 is 0 Å². The van der Waals surface area contributed by atoms with E-state index in [2.05, 4.69) is 31.1 Å². The standard InChI is InChI=1S/C27H38N4O3/c1-27(2)19-22(13-17-34-27)25(32)31-15-10-21(11-16-31)24(18-20-8-6-5-7-9-20)30(4)26(33)23-12-14-29(3)28-23/h5-9,12,14,21-22,24H,10-11,13,15-19H2,1-4H3/t22-,24-/m1/s1. The Morgan fingerprint density at radius 1 is 1.15 bits per heavy atom. The van der Waals surface area contributed by atoms with Crippen LogP contribution in [0.15, 0.2) is 42.6 Å². The summed E-state index contributed by atoms with van der Waals surface area (Å²) in [6, 6.07) is 12.2. The van der Waals surface area contributed by atoms with E-state index in [0.717, 1.165) is 45.2 Å². The summed E-state index contributed by atoms with van der Waals surface area (Å²) in [6.07, 6.45) is 5.98. The van der Waals surface area contributed by atoms with Crippen LogP contribution in [0.2, 0.25) is 0 Å². The van der Waals surface area contributed by atoms with E-state index in [1.807, 2.05) is 42.1 Å². The number of piperidine rings is 1. The first-order valence-electron chi connectivity index (χ1n) is 12.5. The maximum atomic E-state index is 13.2. The summed E-state index contributed by atoms with van der Waals surface area (Å²) in [5.74, 6) is 0.596. The van der Waals surface area contributed by atoms with Gasteiger partial charge in [0.15, 0.2) is 0 Å². The highest BCUT2D eigenvalue weighted by atomic mass is 16.5. The van der Waals surface area contributed by atoms with Gasteiger partial charge in [-0.25, -0.2) is 0 Å². The fraction of sp³-hybridized carbons (Fsp3) is 0.593. The average Bonchev–Trinajstić information content (AvgIpc) is 3.27. The minimum absolute atomic E-state index is 0.0498. The quantitative estimate of drug-likeness (QED) is 0.653. The van der Waals surface area contributed by atoms with Gasteiger partial charge < -0.3 is 14.5 Å². The Hall–Kier alpha value is -2.67. The van der Waals surface area contributed by atoms with E-state index in [1.54, 1.807) is 16.9 Å². The Bertz CT molecular complexity index is 979. The number of rotatable bonds is 6. The molecule has 34 heavy (non-hydrogen) atoms. The zero-order chi connectivity index (χ0) is 24.3. The molecule has 184 valence electrons. The van der Waals surface area contributed by atoms with Gasteiger partial charge in [-0.15, -0.1) is 0 Å². The maximum Gasteiger partial charge on any atom is 0.274 e. The molecular formula is C27H38N4O3. The molecule has 3 heterocycles. The largest absolute Gasteiger partial charge is 0.376 e. The molecule has 0 spiro atoms. The molecule has 0 radical (unpaired) electrons. The lowest BCUT2D eigenvalue weighted by molar-refractivity contribution is -0.147. The normalized spacial score (nSPS) is 21.8. The fourth-order valence-electron chi connectivity index (χ4n) is 5.54. The first kappa shape index (κ1) is 24.5. The van der Waals surface area contributed by atoms with Crippen molar-refractivity contribution in [2.24, 2.45) is 18.9 Å². The Labute approximate surface area is 203 Å². The third-order valence-corrected chi connectivity index (χ3v) is 7.48. The number of nitrogens with zero attached hydrogens (tertiary/aromatic N) is 4. The number of likely N-dealkylation sites (tertiary alicyclic amines) is 1. The zero-order valence-electron chi connectivity index (χ0n) is 20.9. The van der Waals surface area contributed by atoms with Gasteiger partial charge in [-0.1, -0.05) is 30.3 Å². The highest BCUT2D eigenvalue weighted by Crippen LogP contribution is 2.32. The number of hydrogen-bond donors (Lipinski definition) is 0. The van der Waals surface area contributed by atoms with Crippen molar-refractivity contribution in [3.05, 3.63) is 53.9 Å². The Morgan fingerprint density at radius 3 is 2.47 bits per heavy atom. The highest BCUT2D eigenvalue weighted by Gasteiger charge is 2.38. The molecule has 0 bridgehead atoms. The Balaban J connectivity index is 1.44. The first-order chi connectivity index (χ1) is 16.2. The molecule has 1 aromatic carbocycles. The van der Waals surface area contributed by atoms with Crippen LogP contribution in [0.25, 0.3) is 0 Å². The molecule has 0 unspecified atom stereocenters. The van der Waals surface area contributed by atoms with Gasteiger partial charge in [0, 0.05) is 51.9 Å². The molecule has 2 fully saturated rings. The van der Waals surface area contributed by atoms with Crippen LogP contribution in [0.4, 0.5) is 0 Å². The number of aromatic nitrogens is 2. The third-order valence-electron chi connectivity index (χ3n) is 7.48. The number of aryl methyl sites for hydroxylation is 1. The van der Waals surface area contributed by atoms with Gasteiger partial charge in [0.1, 0.15) is 5.69 Å². The lowest BCUT2D eigenvalue weighted by Gasteiger charge is -2.42. The van der Waals surface area contributed by atoms with Gasteiger partial charge in [0.05, 0.1) is 5.60 Å². The number of hydrogen-bond acceptors (Lipinski definition) is 4. The molecule has 2 atom stereocenters. The van der Waals surface area contributed by atoms with Crippen molar-refractivity contribution in [2.75, 3.05) is 26.7 Å². The first-order valence-corrected chi connectivity index (χ1v) is 12.5. The maximum absolute atomic E-state index is 13.2. The van der Waals surface area contributed by atoms with Crippen LogP contribution in [0.3, 0.4) is 0 Å². The molecule has 2 amide bonds. The molecule has 0 N–H and O–H groups in total. The van der Waals surface area contributed by atoms with E-state index in [0.29, 0.717) is 18.2 Å². The van der Waals surface area contributed by atoms with E-state index in [1.165, 1.54) is 5.56 Å². The van der Waals surface area contributed by atoms with Crippen LogP contribution in [0.5, 0.6) is 0 Å². The number of likely N-dealkylation sites (N-methyl/N-ethyl adjacent to an activating group) is 1. The predicted octanol–water partition coefficient (Wildman–Crippen LogP) is 3.55. The molecule has 2 saturated heterocycles. The van der Waals surface area contributed by atoms with Crippen molar-refractivity contribution >= 4 is 11.8 Å². The van der Waals surface area contributed by atoms with Crippen molar-refractivity contribution in [2.45, 2.75) is 57.6 Å². The van der Waals surface area contributed by atoms with Crippen LogP contribution in [0, 0.1) is 11.8 Å². The SMILES string of the molecule is CN(C(=O)c1ccn(C)n1)[C@H](Cc1ccccc1)C1CCN(C(=O)[C@@H]2CCOC(C)(C)C2)CC1. The molecule has 1 aromatic heterocycles. The van der Waals surface area contributed by atoms with Crippen molar-refractivity contribution in [3.63, 3.8) is 0 Å². The minimum Gasteiger partial charge on any atom is -0.376 e. The lowest BCUT2D eigenvalue weighted by Crippen LogP contribution is -2.50. The fourth-order valence-corrected chi connectivity index (χ4v) is 5.54. The third kappa shape index (κ3) is 5.69. The van der Waals surface area contributed by atoms with Gasteiger partial charge in [-0.3, -0.25) is 14.3 Å². The average molecular weight is 467 g/mol. The van der Waals surface area contributed by atoms with Crippen LogP contribution >= 0.6 is 0 Å². The second kappa shape index (κ2) is 10.3. The molecule has 7 heteroatoms. The lowest BCUT2D eigenvalue weighted by atomic mass is 9.83. The summed E-state index contributed by atoms with van der Waals surface area (Å²) in [4.78, 5) is 30.4. The van der Waals surface area contributed by atoms with Gasteiger partial charge in [-0.05, 0) is 63.5 Å². The van der Waals surface area contributed by atoms with E-state index in [9.17, 15) is 9.59 Å². The van der Waals surface area contributed by atoms with Crippen molar-refractivity contribution < 1.29 is 14.3 Å². The van der Waals surface area contributed by atoms with Crippen LogP contribution in [-0.2, 0) is 23.0 Å². The topological polar surface area (TPSA) is 67.7 Å².